The van der Waals surface area contributed by atoms with Crippen LogP contribution in [-0.2, 0) is 19.4 Å². The van der Waals surface area contributed by atoms with Gasteiger partial charge in [-0.25, -0.2) is 4.99 Å². The first-order valence-electron chi connectivity index (χ1n) is 9.11. The van der Waals surface area contributed by atoms with Crippen molar-refractivity contribution in [3.8, 4) is 0 Å². The van der Waals surface area contributed by atoms with E-state index in [0.29, 0.717) is 18.3 Å². The molecular formula is C19H28IN5O. The van der Waals surface area contributed by atoms with Crippen LogP contribution in [0.15, 0.2) is 27.7 Å². The minimum Gasteiger partial charge on any atom is -0.357 e. The number of aliphatic imine (C=N–C) groups is 1. The van der Waals surface area contributed by atoms with Gasteiger partial charge in [0.15, 0.2) is 11.8 Å². The predicted octanol–water partition coefficient (Wildman–Crippen LogP) is 3.69. The Hall–Kier alpha value is -1.64. The van der Waals surface area contributed by atoms with E-state index in [4.69, 9.17) is 4.52 Å². The highest BCUT2D eigenvalue weighted by Crippen LogP contribution is 2.24. The van der Waals surface area contributed by atoms with Gasteiger partial charge in [-0.2, -0.15) is 4.98 Å². The smallest absolute Gasteiger partial charge is 0.223 e. The molecular weight excluding hydrogens is 441 g/mol. The molecule has 1 heterocycles. The van der Waals surface area contributed by atoms with Crippen molar-refractivity contribution < 1.29 is 4.52 Å². The Bertz CT molecular complexity index is 743. The summed E-state index contributed by atoms with van der Waals surface area (Å²) in [5.41, 5.74) is 4.30. The van der Waals surface area contributed by atoms with Gasteiger partial charge in [0.25, 0.3) is 0 Å². The molecule has 0 bridgehead atoms. The molecule has 0 spiro atoms. The van der Waals surface area contributed by atoms with E-state index in [-0.39, 0.29) is 30.0 Å². The van der Waals surface area contributed by atoms with Crippen LogP contribution in [0, 0.1) is 6.92 Å². The highest BCUT2D eigenvalue weighted by atomic mass is 127. The molecule has 1 aromatic carbocycles. The van der Waals surface area contributed by atoms with Crippen LogP contribution in [0.25, 0.3) is 0 Å². The Balaban J connectivity index is 0.00000243. The van der Waals surface area contributed by atoms with E-state index in [0.717, 1.165) is 12.5 Å². The van der Waals surface area contributed by atoms with Crippen molar-refractivity contribution in [2.75, 3.05) is 6.54 Å². The maximum Gasteiger partial charge on any atom is 0.223 e. The molecule has 0 saturated carbocycles. The minimum absolute atomic E-state index is 0. The van der Waals surface area contributed by atoms with Crippen LogP contribution in [0.1, 0.15) is 61.1 Å². The first-order chi connectivity index (χ1) is 12.2. The second kappa shape index (κ2) is 9.89. The van der Waals surface area contributed by atoms with Crippen molar-refractivity contribution in [2.24, 2.45) is 4.99 Å². The fraction of sp³-hybridized carbons (Fsp3) is 0.526. The van der Waals surface area contributed by atoms with Gasteiger partial charge in [0.1, 0.15) is 6.54 Å². The van der Waals surface area contributed by atoms with E-state index < -0.39 is 0 Å². The number of nitrogens with one attached hydrogen (secondary N) is 2. The molecule has 6 nitrogen and oxygen atoms in total. The number of halogens is 1. The third-order valence-corrected chi connectivity index (χ3v) is 4.52. The molecule has 0 saturated heterocycles. The fourth-order valence-corrected chi connectivity index (χ4v) is 3.19. The summed E-state index contributed by atoms with van der Waals surface area (Å²) in [5.74, 6) is 1.91. The molecule has 0 fully saturated rings. The van der Waals surface area contributed by atoms with Crippen LogP contribution < -0.4 is 10.6 Å². The Morgan fingerprint density at radius 1 is 1.27 bits per heavy atom. The van der Waals surface area contributed by atoms with Crippen LogP contribution in [0.5, 0.6) is 0 Å². The van der Waals surface area contributed by atoms with Gasteiger partial charge in [-0.15, -0.1) is 24.0 Å². The largest absolute Gasteiger partial charge is 0.357 e. The third kappa shape index (κ3) is 5.43. The molecule has 7 heteroatoms. The van der Waals surface area contributed by atoms with E-state index in [1.807, 2.05) is 0 Å². The second-order valence-corrected chi connectivity index (χ2v) is 6.53. The van der Waals surface area contributed by atoms with Gasteiger partial charge in [-0.05, 0) is 56.2 Å². The van der Waals surface area contributed by atoms with Gasteiger partial charge in [0, 0.05) is 13.5 Å². The average Bonchev–Trinajstić information content (AvgIpc) is 3.04. The van der Waals surface area contributed by atoms with Gasteiger partial charge >= 0.3 is 0 Å². The van der Waals surface area contributed by atoms with Crippen molar-refractivity contribution >= 4 is 29.9 Å². The lowest BCUT2D eigenvalue weighted by atomic mass is 9.89. The molecule has 142 valence electrons. The van der Waals surface area contributed by atoms with Gasteiger partial charge in [0.2, 0.25) is 5.89 Å². The summed E-state index contributed by atoms with van der Waals surface area (Å²) >= 11 is 0. The minimum atomic E-state index is 0. The summed E-state index contributed by atoms with van der Waals surface area (Å²) in [7, 11) is 0. The summed E-state index contributed by atoms with van der Waals surface area (Å²) < 4.78 is 4.99. The van der Waals surface area contributed by atoms with Crippen molar-refractivity contribution in [3.05, 3.63) is 46.6 Å². The number of hydrogen-bond acceptors (Lipinski definition) is 4. The van der Waals surface area contributed by atoms with Crippen molar-refractivity contribution in [1.29, 1.82) is 0 Å². The second-order valence-electron chi connectivity index (χ2n) is 6.53. The van der Waals surface area contributed by atoms with Gasteiger partial charge in [-0.3, -0.25) is 0 Å². The molecule has 26 heavy (non-hydrogen) atoms. The summed E-state index contributed by atoms with van der Waals surface area (Å²) in [6, 6.07) is 7.04. The SMILES string of the molecule is CCNC(=NCc1noc(C)n1)NC(C)c1ccc2c(c1)CCCC2.I. The van der Waals surface area contributed by atoms with Crippen molar-refractivity contribution in [3.63, 3.8) is 0 Å². The van der Waals surface area contributed by atoms with Crippen LogP contribution >= 0.6 is 24.0 Å². The van der Waals surface area contributed by atoms with E-state index in [1.54, 1.807) is 6.92 Å². The van der Waals surface area contributed by atoms with Gasteiger partial charge in [-0.1, -0.05) is 23.4 Å². The number of benzene rings is 1. The Kier molecular flexibility index (Phi) is 7.86. The zero-order valence-corrected chi connectivity index (χ0v) is 18.0. The maximum absolute atomic E-state index is 4.99. The number of hydrogen-bond donors (Lipinski definition) is 2. The zero-order valence-electron chi connectivity index (χ0n) is 15.7. The lowest BCUT2D eigenvalue weighted by molar-refractivity contribution is 0.387. The average molecular weight is 469 g/mol. The maximum atomic E-state index is 4.99. The zero-order chi connectivity index (χ0) is 17.6. The van der Waals surface area contributed by atoms with E-state index in [1.165, 1.54) is 42.4 Å². The highest BCUT2D eigenvalue weighted by molar-refractivity contribution is 14.0. The van der Waals surface area contributed by atoms with Crippen molar-refractivity contribution in [1.82, 2.24) is 20.8 Å². The molecule has 2 N–H and O–H groups in total. The summed E-state index contributed by atoms with van der Waals surface area (Å²) in [6.07, 6.45) is 5.02. The van der Waals surface area contributed by atoms with Gasteiger partial charge < -0.3 is 15.2 Å². The molecule has 2 aromatic rings. The predicted molar refractivity (Wildman–Crippen MR) is 114 cm³/mol. The quantitative estimate of drug-likeness (QED) is 0.397. The van der Waals surface area contributed by atoms with E-state index >= 15 is 0 Å². The Morgan fingerprint density at radius 3 is 2.73 bits per heavy atom. The van der Waals surface area contributed by atoms with E-state index in [9.17, 15) is 0 Å². The molecule has 1 unspecified atom stereocenters. The molecule has 1 aromatic heterocycles. The van der Waals surface area contributed by atoms with Crippen LogP contribution in [-0.4, -0.2) is 22.6 Å². The highest BCUT2D eigenvalue weighted by Gasteiger charge is 2.13. The van der Waals surface area contributed by atoms with Crippen molar-refractivity contribution in [2.45, 2.75) is 59.0 Å². The number of guanidine groups is 1. The Labute approximate surface area is 172 Å². The van der Waals surface area contributed by atoms with Gasteiger partial charge in [0.05, 0.1) is 6.04 Å². The standard InChI is InChI=1S/C19H27N5O.HI/c1-4-20-19(21-12-18-23-14(3)25-24-18)22-13(2)16-10-9-15-7-5-6-8-17(15)11-16;/h9-11,13H,4-8,12H2,1-3H3,(H2,20,21,22);1H. The molecule has 1 aliphatic carbocycles. The molecule has 0 radical (unpaired) electrons. The summed E-state index contributed by atoms with van der Waals surface area (Å²) in [4.78, 5) is 8.75. The normalized spacial score (nSPS) is 15.0. The Morgan fingerprint density at radius 2 is 2.04 bits per heavy atom. The molecule has 0 aliphatic heterocycles. The lowest BCUT2D eigenvalue weighted by Crippen LogP contribution is -2.38. The first-order valence-corrected chi connectivity index (χ1v) is 9.11. The molecule has 3 rings (SSSR count). The monoisotopic (exact) mass is 469 g/mol. The van der Waals surface area contributed by atoms with Crippen LogP contribution in [0.3, 0.4) is 0 Å². The van der Waals surface area contributed by atoms with Crippen LogP contribution in [0.4, 0.5) is 0 Å². The molecule has 1 atom stereocenters. The first kappa shape index (κ1) is 20.7. The lowest BCUT2D eigenvalue weighted by Gasteiger charge is -2.21. The number of nitrogens with zero attached hydrogens (tertiary/aromatic N) is 3. The fourth-order valence-electron chi connectivity index (χ4n) is 3.19. The van der Waals surface area contributed by atoms with Crippen LogP contribution in [0.2, 0.25) is 0 Å². The molecule has 0 amide bonds. The topological polar surface area (TPSA) is 75.3 Å². The summed E-state index contributed by atoms with van der Waals surface area (Å²) in [6.45, 7) is 7.19. The summed E-state index contributed by atoms with van der Waals surface area (Å²) in [5, 5.41) is 10.6. The molecule has 1 aliphatic rings. The third-order valence-electron chi connectivity index (χ3n) is 4.52. The van der Waals surface area contributed by atoms with E-state index in [2.05, 4.69) is 57.8 Å². The number of aryl methyl sites for hydroxylation is 3. The number of fused-ring (bicyclic) bond motifs is 1. The number of rotatable bonds is 5. The number of aromatic nitrogens is 2.